The van der Waals surface area contributed by atoms with Crippen LogP contribution in [0.4, 0.5) is 0 Å². The molecule has 1 spiro atoms. The third-order valence-electron chi connectivity index (χ3n) is 5.64. The van der Waals surface area contributed by atoms with Crippen molar-refractivity contribution < 1.29 is 0 Å². The zero-order chi connectivity index (χ0) is 16.6. The van der Waals surface area contributed by atoms with E-state index >= 15 is 0 Å². The van der Waals surface area contributed by atoms with Crippen LogP contribution in [0.2, 0.25) is 51.4 Å². The highest BCUT2D eigenvalue weighted by Gasteiger charge is 2.50. The normalized spacial score (nSPS) is 19.4. The molecule has 124 valence electrons. The van der Waals surface area contributed by atoms with Crippen LogP contribution >= 0.6 is 22.7 Å². The Morgan fingerprint density at radius 3 is 1.48 bits per heavy atom. The highest BCUT2D eigenvalue weighted by atomic mass is 32.1. The van der Waals surface area contributed by atoms with E-state index in [1.165, 1.54) is 24.9 Å². The molecule has 1 fully saturated rings. The Bertz CT molecular complexity index is 705. The molecule has 4 rings (SSSR count). The summed E-state index contributed by atoms with van der Waals surface area (Å²) in [4.78, 5) is 3.45. The largest absolute Gasteiger partial charge is 0.144 e. The minimum Gasteiger partial charge on any atom is -0.144 e. The summed E-state index contributed by atoms with van der Waals surface area (Å²) < 4.78 is 3.49. The summed E-state index contributed by atoms with van der Waals surface area (Å²) >= 11 is 4.36. The molecule has 0 N–H and O–H groups in total. The first-order valence-corrected chi connectivity index (χ1v) is 20.0. The molecule has 0 amide bonds. The molecule has 0 radical (unpaired) electrons. The van der Waals surface area contributed by atoms with Crippen molar-refractivity contribution in [2.45, 2.75) is 64.2 Å². The van der Waals surface area contributed by atoms with Crippen LogP contribution in [0.5, 0.6) is 0 Å². The summed E-state index contributed by atoms with van der Waals surface area (Å²) in [6, 6.07) is 8.45. The van der Waals surface area contributed by atoms with Crippen LogP contribution in [-0.2, 0) is 0 Å². The van der Waals surface area contributed by atoms with Crippen LogP contribution in [0.25, 0.3) is 9.75 Å². The van der Waals surface area contributed by atoms with Crippen molar-refractivity contribution in [3.8, 4) is 9.75 Å². The van der Waals surface area contributed by atoms with Gasteiger partial charge in [0.1, 0.15) is 8.07 Å². The SMILES string of the molecule is C[Si](C)(C)c1cc2c(s1)-c1sc([Si](C)(C)C)cc1[Si]21CCCC1. The Kier molecular flexibility index (Phi) is 3.62. The van der Waals surface area contributed by atoms with E-state index in [0.29, 0.717) is 0 Å². The van der Waals surface area contributed by atoms with Gasteiger partial charge in [-0.05, 0) is 31.5 Å². The fourth-order valence-corrected chi connectivity index (χ4v) is 17.7. The van der Waals surface area contributed by atoms with Crippen molar-refractivity contribution >= 4 is 66.3 Å². The zero-order valence-electron chi connectivity index (χ0n) is 15.3. The van der Waals surface area contributed by atoms with E-state index in [2.05, 4.69) is 74.1 Å². The molecular weight excluding hydrogens is 365 g/mol. The minimum atomic E-state index is -1.36. The van der Waals surface area contributed by atoms with E-state index in [4.69, 9.17) is 0 Å². The van der Waals surface area contributed by atoms with Gasteiger partial charge in [-0.2, -0.15) is 0 Å². The Balaban J connectivity index is 1.95. The van der Waals surface area contributed by atoms with E-state index in [-0.39, 0.29) is 0 Å². The van der Waals surface area contributed by atoms with Gasteiger partial charge in [-0.3, -0.25) is 0 Å². The molecule has 2 aromatic heterocycles. The average Bonchev–Trinajstić information content (AvgIpc) is 3.16. The number of rotatable bonds is 2. The minimum absolute atomic E-state index is 1.19. The summed E-state index contributed by atoms with van der Waals surface area (Å²) in [6.07, 6.45) is 2.95. The van der Waals surface area contributed by atoms with Crippen LogP contribution in [0.1, 0.15) is 12.8 Å². The third kappa shape index (κ3) is 2.38. The lowest BCUT2D eigenvalue weighted by molar-refractivity contribution is 0.935. The van der Waals surface area contributed by atoms with Crippen LogP contribution in [0.3, 0.4) is 0 Å². The zero-order valence-corrected chi connectivity index (χ0v) is 19.9. The van der Waals surface area contributed by atoms with E-state index in [9.17, 15) is 0 Å². The van der Waals surface area contributed by atoms with Crippen molar-refractivity contribution in [3.05, 3.63) is 12.1 Å². The fourth-order valence-electron chi connectivity index (χ4n) is 4.23. The van der Waals surface area contributed by atoms with E-state index in [0.717, 1.165) is 0 Å². The first-order valence-electron chi connectivity index (χ1n) is 8.93. The van der Waals surface area contributed by atoms with Gasteiger partial charge < -0.3 is 0 Å². The quantitative estimate of drug-likeness (QED) is 0.671. The van der Waals surface area contributed by atoms with Crippen LogP contribution < -0.4 is 19.4 Å². The van der Waals surface area contributed by atoms with Crippen LogP contribution in [0.15, 0.2) is 12.1 Å². The Morgan fingerprint density at radius 1 is 0.739 bits per heavy atom. The second-order valence-electron chi connectivity index (χ2n) is 9.50. The fraction of sp³-hybridized carbons (Fsp3) is 0.556. The second kappa shape index (κ2) is 5.04. The molecule has 4 heterocycles. The standard InChI is InChI=1S/C18H28S2Si3/c1-21(2,3)15-11-13-17(19-15)18-14(23(13)9-7-8-10-23)12-16(20-18)22(4,5)6/h11-12H,7-10H2,1-6H3. The van der Waals surface area contributed by atoms with E-state index in [1.807, 2.05) is 10.4 Å². The molecule has 0 aliphatic carbocycles. The molecule has 0 bridgehead atoms. The highest BCUT2D eigenvalue weighted by molar-refractivity contribution is 7.38. The summed E-state index contributed by atoms with van der Waals surface area (Å²) in [7, 11) is -3.74. The summed E-state index contributed by atoms with van der Waals surface area (Å²) in [5.74, 6) is 0. The second-order valence-corrected chi connectivity index (χ2v) is 26.6. The maximum absolute atomic E-state index is 2.70. The molecule has 0 nitrogen and oxygen atoms in total. The van der Waals surface area contributed by atoms with Crippen molar-refractivity contribution in [2.75, 3.05) is 0 Å². The predicted molar refractivity (Wildman–Crippen MR) is 117 cm³/mol. The maximum Gasteiger partial charge on any atom is 0.122 e. The molecular formula is C18H28S2Si3. The third-order valence-corrected chi connectivity index (χ3v) is 20.9. The lowest BCUT2D eigenvalue weighted by Crippen LogP contribution is -2.53. The van der Waals surface area contributed by atoms with Crippen LogP contribution in [0, 0.1) is 0 Å². The van der Waals surface area contributed by atoms with Gasteiger partial charge in [0.05, 0.1) is 16.1 Å². The number of thiophene rings is 2. The van der Waals surface area contributed by atoms with Crippen molar-refractivity contribution in [3.63, 3.8) is 0 Å². The topological polar surface area (TPSA) is 0 Å². The average molecular weight is 393 g/mol. The highest BCUT2D eigenvalue weighted by Crippen LogP contribution is 2.43. The molecule has 0 atom stereocenters. The van der Waals surface area contributed by atoms with Gasteiger partial charge in [-0.1, -0.05) is 64.3 Å². The lowest BCUT2D eigenvalue weighted by Gasteiger charge is -2.23. The van der Waals surface area contributed by atoms with Gasteiger partial charge in [-0.25, -0.2) is 0 Å². The van der Waals surface area contributed by atoms with E-state index in [1.54, 1.807) is 18.8 Å². The van der Waals surface area contributed by atoms with Gasteiger partial charge in [0.2, 0.25) is 0 Å². The monoisotopic (exact) mass is 392 g/mol. The molecule has 2 aromatic rings. The molecule has 2 aliphatic rings. The van der Waals surface area contributed by atoms with E-state index < -0.39 is 24.2 Å². The first kappa shape index (κ1) is 16.5. The molecule has 0 aromatic carbocycles. The summed E-state index contributed by atoms with van der Waals surface area (Å²) in [6.45, 7) is 15.1. The molecule has 1 saturated heterocycles. The first-order chi connectivity index (χ1) is 10.6. The molecule has 2 aliphatic heterocycles. The van der Waals surface area contributed by atoms with Gasteiger partial charge >= 0.3 is 0 Å². The number of hydrogen-bond acceptors (Lipinski definition) is 2. The predicted octanol–water partition coefficient (Wildman–Crippen LogP) is 4.24. The summed E-state index contributed by atoms with van der Waals surface area (Å²) in [5.41, 5.74) is 0. The molecule has 0 saturated carbocycles. The maximum atomic E-state index is 2.70. The van der Waals surface area contributed by atoms with Gasteiger partial charge in [0, 0.05) is 9.75 Å². The Hall–Kier alpha value is 0.0506. The Morgan fingerprint density at radius 2 is 1.13 bits per heavy atom. The Labute approximate surface area is 152 Å². The van der Waals surface area contributed by atoms with Gasteiger partial charge in [-0.15, -0.1) is 22.7 Å². The lowest BCUT2D eigenvalue weighted by atomic mass is 10.4. The van der Waals surface area contributed by atoms with Crippen molar-refractivity contribution in [1.82, 2.24) is 0 Å². The van der Waals surface area contributed by atoms with Crippen molar-refractivity contribution in [1.29, 1.82) is 0 Å². The molecule has 23 heavy (non-hydrogen) atoms. The number of hydrogen-bond donors (Lipinski definition) is 0. The van der Waals surface area contributed by atoms with Crippen LogP contribution in [-0.4, -0.2) is 24.2 Å². The van der Waals surface area contributed by atoms with Gasteiger partial charge in [0.25, 0.3) is 0 Å². The van der Waals surface area contributed by atoms with Gasteiger partial charge in [0.15, 0.2) is 0 Å². The summed E-state index contributed by atoms with van der Waals surface area (Å²) in [5, 5.41) is 3.72. The molecule has 5 heteroatoms. The number of fused-ring (bicyclic) bond motifs is 5. The smallest absolute Gasteiger partial charge is 0.122 e. The van der Waals surface area contributed by atoms with Crippen molar-refractivity contribution in [2.24, 2.45) is 0 Å². The molecule has 0 unspecified atom stereocenters.